The molecule has 124 valence electrons. The molecule has 7 heteroatoms. The molecule has 2 rings (SSSR count). The van der Waals surface area contributed by atoms with Gasteiger partial charge in [-0.3, -0.25) is 9.59 Å². The summed E-state index contributed by atoms with van der Waals surface area (Å²) < 4.78 is 6.22. The number of hydrazone groups is 1. The van der Waals surface area contributed by atoms with E-state index >= 15 is 0 Å². The molecule has 0 spiro atoms. The number of nitrogens with zero attached hydrogens (tertiary/aromatic N) is 1. The molecule has 2 aromatic rings. The summed E-state index contributed by atoms with van der Waals surface area (Å²) in [4.78, 5) is 22.6. The predicted octanol–water partition coefficient (Wildman–Crippen LogP) is 2.94. The van der Waals surface area contributed by atoms with Gasteiger partial charge in [-0.15, -0.1) is 0 Å². The molecule has 0 atom stereocenters. The number of carbonyl (C=O) groups excluding carboxylic acids is 2. The number of anilines is 1. The van der Waals surface area contributed by atoms with Gasteiger partial charge in [-0.1, -0.05) is 34.1 Å². The van der Waals surface area contributed by atoms with Gasteiger partial charge in [0.05, 0.1) is 6.21 Å². The molecule has 2 amide bonds. The number of benzene rings is 2. The lowest BCUT2D eigenvalue weighted by molar-refractivity contribution is -0.123. The molecule has 0 bridgehead atoms. The first-order chi connectivity index (χ1) is 11.5. The lowest BCUT2D eigenvalue weighted by Gasteiger charge is -2.05. The summed E-state index contributed by atoms with van der Waals surface area (Å²) in [5.41, 5.74) is 3.88. The van der Waals surface area contributed by atoms with Crippen LogP contribution in [0.2, 0.25) is 0 Å². The molecule has 2 aromatic carbocycles. The van der Waals surface area contributed by atoms with Crippen LogP contribution in [0.1, 0.15) is 12.5 Å². The second kappa shape index (κ2) is 8.83. The van der Waals surface area contributed by atoms with Crippen LogP contribution in [-0.2, 0) is 9.59 Å². The Morgan fingerprint density at radius 3 is 2.62 bits per heavy atom. The van der Waals surface area contributed by atoms with Crippen LogP contribution < -0.4 is 15.5 Å². The highest BCUT2D eigenvalue weighted by Crippen LogP contribution is 2.17. The largest absolute Gasteiger partial charge is 0.484 e. The van der Waals surface area contributed by atoms with Gasteiger partial charge < -0.3 is 10.1 Å². The molecule has 24 heavy (non-hydrogen) atoms. The summed E-state index contributed by atoms with van der Waals surface area (Å²) in [6, 6.07) is 14.3. The molecule has 0 saturated carbocycles. The Hall–Kier alpha value is -2.67. The summed E-state index contributed by atoms with van der Waals surface area (Å²) >= 11 is 3.33. The van der Waals surface area contributed by atoms with Gasteiger partial charge >= 0.3 is 0 Å². The minimum atomic E-state index is -0.360. The van der Waals surface area contributed by atoms with E-state index in [1.165, 1.54) is 13.1 Å². The quantitative estimate of drug-likeness (QED) is 0.588. The van der Waals surface area contributed by atoms with E-state index in [0.717, 1.165) is 10.0 Å². The minimum Gasteiger partial charge on any atom is -0.484 e. The zero-order valence-corrected chi connectivity index (χ0v) is 14.5. The first kappa shape index (κ1) is 17.7. The Bertz CT molecular complexity index is 745. The maximum absolute atomic E-state index is 11.7. The maximum atomic E-state index is 11.7. The third kappa shape index (κ3) is 6.21. The Morgan fingerprint density at radius 2 is 1.96 bits per heavy atom. The molecule has 2 N–H and O–H groups in total. The number of hydrogen-bond donors (Lipinski definition) is 2. The molecule has 6 nitrogen and oxygen atoms in total. The maximum Gasteiger partial charge on any atom is 0.277 e. The molecule has 0 aliphatic carbocycles. The van der Waals surface area contributed by atoms with Crippen LogP contribution in [0.5, 0.6) is 5.75 Å². The van der Waals surface area contributed by atoms with Gasteiger partial charge in [0.1, 0.15) is 5.75 Å². The molecule has 0 unspecified atom stereocenters. The van der Waals surface area contributed by atoms with Gasteiger partial charge in [-0.25, -0.2) is 5.43 Å². The normalized spacial score (nSPS) is 10.4. The van der Waals surface area contributed by atoms with E-state index in [0.29, 0.717) is 11.4 Å². The monoisotopic (exact) mass is 389 g/mol. The first-order valence-corrected chi connectivity index (χ1v) is 7.90. The molecular weight excluding hydrogens is 374 g/mol. The van der Waals surface area contributed by atoms with E-state index < -0.39 is 0 Å². The highest BCUT2D eigenvalue weighted by molar-refractivity contribution is 9.10. The van der Waals surface area contributed by atoms with Crippen LogP contribution >= 0.6 is 15.9 Å². The van der Waals surface area contributed by atoms with Crippen molar-refractivity contribution in [3.05, 3.63) is 58.6 Å². The summed E-state index contributed by atoms with van der Waals surface area (Å²) in [5, 5.41) is 6.53. The Labute approximate surface area is 148 Å². The van der Waals surface area contributed by atoms with Crippen molar-refractivity contribution in [1.82, 2.24) is 5.43 Å². The van der Waals surface area contributed by atoms with Crippen molar-refractivity contribution < 1.29 is 14.3 Å². The number of rotatable bonds is 6. The van der Waals surface area contributed by atoms with Crippen molar-refractivity contribution in [3.8, 4) is 5.75 Å². The molecule has 0 fully saturated rings. The van der Waals surface area contributed by atoms with Crippen molar-refractivity contribution in [2.45, 2.75) is 6.92 Å². The fourth-order valence-corrected chi connectivity index (χ4v) is 2.15. The molecule has 0 aliphatic heterocycles. The fourth-order valence-electron chi connectivity index (χ4n) is 1.77. The molecular formula is C17H16BrN3O3. The zero-order valence-electron chi connectivity index (χ0n) is 13.0. The van der Waals surface area contributed by atoms with Gasteiger partial charge in [0.15, 0.2) is 6.61 Å². The van der Waals surface area contributed by atoms with Crippen molar-refractivity contribution in [3.63, 3.8) is 0 Å². The van der Waals surface area contributed by atoms with Crippen LogP contribution in [0.3, 0.4) is 0 Å². The van der Waals surface area contributed by atoms with Crippen molar-refractivity contribution in [2.75, 3.05) is 11.9 Å². The number of carbonyl (C=O) groups is 2. The van der Waals surface area contributed by atoms with E-state index in [-0.39, 0.29) is 18.4 Å². The standard InChI is InChI=1S/C17H16BrN3O3/c1-12(22)20-15-7-5-13(6-8-15)10-19-21-17(23)11-24-16-4-2-3-14(18)9-16/h2-10H,11H2,1H3,(H,20,22)(H,21,23). The minimum absolute atomic E-state index is 0.130. The van der Waals surface area contributed by atoms with Gasteiger partial charge in [0.2, 0.25) is 5.91 Å². The zero-order chi connectivity index (χ0) is 17.4. The van der Waals surface area contributed by atoms with E-state index in [2.05, 4.69) is 31.8 Å². The van der Waals surface area contributed by atoms with Gasteiger partial charge in [0.25, 0.3) is 5.91 Å². The number of ether oxygens (including phenoxy) is 1. The van der Waals surface area contributed by atoms with Crippen LogP contribution in [-0.4, -0.2) is 24.6 Å². The van der Waals surface area contributed by atoms with E-state index in [1.807, 2.05) is 12.1 Å². The van der Waals surface area contributed by atoms with Gasteiger partial charge in [-0.05, 0) is 35.9 Å². The van der Waals surface area contributed by atoms with Crippen LogP contribution in [0, 0.1) is 0 Å². The topological polar surface area (TPSA) is 79.8 Å². The smallest absolute Gasteiger partial charge is 0.277 e. The van der Waals surface area contributed by atoms with Gasteiger partial charge in [0, 0.05) is 17.1 Å². The van der Waals surface area contributed by atoms with E-state index in [9.17, 15) is 9.59 Å². The molecule has 0 saturated heterocycles. The summed E-state index contributed by atoms with van der Waals surface area (Å²) in [7, 11) is 0. The lowest BCUT2D eigenvalue weighted by Crippen LogP contribution is -2.24. The van der Waals surface area contributed by atoms with Crippen molar-refractivity contribution in [2.24, 2.45) is 5.10 Å². The second-order valence-corrected chi connectivity index (χ2v) is 5.76. The number of hydrogen-bond acceptors (Lipinski definition) is 4. The average Bonchev–Trinajstić information content (AvgIpc) is 2.54. The van der Waals surface area contributed by atoms with Gasteiger partial charge in [-0.2, -0.15) is 5.10 Å². The predicted molar refractivity (Wildman–Crippen MR) is 96.1 cm³/mol. The van der Waals surface area contributed by atoms with Crippen molar-refractivity contribution in [1.29, 1.82) is 0 Å². The number of nitrogens with one attached hydrogen (secondary N) is 2. The van der Waals surface area contributed by atoms with Crippen molar-refractivity contribution >= 4 is 39.6 Å². The fraction of sp³-hybridized carbons (Fsp3) is 0.118. The number of amides is 2. The summed E-state index contributed by atoms with van der Waals surface area (Å²) in [5.74, 6) is 0.104. The summed E-state index contributed by atoms with van der Waals surface area (Å²) in [6.45, 7) is 1.32. The Morgan fingerprint density at radius 1 is 1.21 bits per heavy atom. The third-order valence-electron chi connectivity index (χ3n) is 2.80. The second-order valence-electron chi connectivity index (χ2n) is 4.84. The van der Waals surface area contributed by atoms with E-state index in [1.54, 1.807) is 36.4 Å². The Kier molecular flexibility index (Phi) is 6.51. The van der Waals surface area contributed by atoms with Crippen LogP contribution in [0.4, 0.5) is 5.69 Å². The molecule has 0 radical (unpaired) electrons. The lowest BCUT2D eigenvalue weighted by atomic mass is 10.2. The molecule has 0 aliphatic rings. The average molecular weight is 390 g/mol. The van der Waals surface area contributed by atoms with E-state index in [4.69, 9.17) is 4.74 Å². The third-order valence-corrected chi connectivity index (χ3v) is 3.29. The first-order valence-electron chi connectivity index (χ1n) is 7.11. The Balaban J connectivity index is 1.78. The molecule has 0 aromatic heterocycles. The highest BCUT2D eigenvalue weighted by Gasteiger charge is 2.01. The number of halogens is 1. The molecule has 0 heterocycles. The summed E-state index contributed by atoms with van der Waals surface area (Å²) in [6.07, 6.45) is 1.51. The SMILES string of the molecule is CC(=O)Nc1ccc(C=NNC(=O)COc2cccc(Br)c2)cc1. The van der Waals surface area contributed by atoms with Crippen LogP contribution in [0.25, 0.3) is 0 Å². The highest BCUT2D eigenvalue weighted by atomic mass is 79.9. The van der Waals surface area contributed by atoms with Crippen LogP contribution in [0.15, 0.2) is 58.1 Å².